The minimum Gasteiger partial charge on any atom is -0.491 e. The molecule has 0 aromatic heterocycles. The van der Waals surface area contributed by atoms with Crippen LogP contribution >= 0.6 is 11.6 Å². The molecule has 0 aliphatic heterocycles. The summed E-state index contributed by atoms with van der Waals surface area (Å²) in [5, 5.41) is 11.9. The van der Waals surface area contributed by atoms with Crippen LogP contribution < -0.4 is 10.1 Å². The van der Waals surface area contributed by atoms with Gasteiger partial charge in [-0.1, -0.05) is 37.6 Å². The molecule has 20 heavy (non-hydrogen) atoms. The maximum atomic E-state index is 11.7. The molecular weight excluding hydrogens is 282 g/mol. The van der Waals surface area contributed by atoms with Crippen molar-refractivity contribution in [1.82, 2.24) is 5.32 Å². The van der Waals surface area contributed by atoms with Crippen LogP contribution in [0.25, 0.3) is 0 Å². The molecule has 0 aliphatic carbocycles. The number of halogens is 1. The first-order valence-electron chi connectivity index (χ1n) is 6.31. The normalized spacial score (nSPS) is 12.0. The second kappa shape index (κ2) is 7.75. The van der Waals surface area contributed by atoms with Crippen LogP contribution in [0.1, 0.15) is 20.3 Å². The first-order valence-corrected chi connectivity index (χ1v) is 6.69. The standard InChI is InChI=1S/C14H18ClNO4/c1-9(2)13(14(18)19)16-12(17)7-8-20-11-6-4-3-5-10(11)15/h3-6,9,13H,7-8H2,1-2H3,(H,16,17)(H,18,19). The number of carboxylic acid groups (broad SMARTS) is 1. The lowest BCUT2D eigenvalue weighted by Gasteiger charge is -2.17. The number of nitrogens with one attached hydrogen (secondary N) is 1. The van der Waals surface area contributed by atoms with E-state index in [2.05, 4.69) is 5.32 Å². The van der Waals surface area contributed by atoms with Crippen LogP contribution in [0.3, 0.4) is 0 Å². The van der Waals surface area contributed by atoms with Crippen molar-refractivity contribution < 1.29 is 19.4 Å². The van der Waals surface area contributed by atoms with E-state index in [9.17, 15) is 9.59 Å². The molecule has 0 aliphatic rings. The van der Waals surface area contributed by atoms with Crippen molar-refractivity contribution in [1.29, 1.82) is 0 Å². The summed E-state index contributed by atoms with van der Waals surface area (Å²) < 4.78 is 5.37. The minimum absolute atomic E-state index is 0.0712. The molecule has 1 aromatic rings. The van der Waals surface area contributed by atoms with Gasteiger partial charge in [0, 0.05) is 0 Å². The van der Waals surface area contributed by atoms with Gasteiger partial charge >= 0.3 is 5.97 Å². The third-order valence-corrected chi connectivity index (χ3v) is 2.98. The molecule has 2 N–H and O–H groups in total. The second-order valence-corrected chi connectivity index (χ2v) is 5.06. The lowest BCUT2D eigenvalue weighted by molar-refractivity contribution is -0.143. The third kappa shape index (κ3) is 5.09. The number of carbonyl (C=O) groups is 2. The zero-order valence-electron chi connectivity index (χ0n) is 11.4. The Labute approximate surface area is 122 Å². The molecule has 0 spiro atoms. The van der Waals surface area contributed by atoms with Crippen molar-refractivity contribution in [2.75, 3.05) is 6.61 Å². The predicted octanol–water partition coefficient (Wildman–Crippen LogP) is 2.33. The molecule has 0 saturated heterocycles. The van der Waals surface area contributed by atoms with Crippen LogP contribution in [0, 0.1) is 5.92 Å². The lowest BCUT2D eigenvalue weighted by atomic mass is 10.0. The topological polar surface area (TPSA) is 75.6 Å². The van der Waals surface area contributed by atoms with Crippen molar-refractivity contribution in [3.63, 3.8) is 0 Å². The molecule has 0 heterocycles. The Hall–Kier alpha value is -1.75. The Balaban J connectivity index is 2.40. The Morgan fingerprint density at radius 2 is 2.00 bits per heavy atom. The van der Waals surface area contributed by atoms with E-state index in [1.807, 2.05) is 0 Å². The molecule has 6 heteroatoms. The molecule has 1 unspecified atom stereocenters. The van der Waals surface area contributed by atoms with Gasteiger partial charge in [0.15, 0.2) is 0 Å². The van der Waals surface area contributed by atoms with Crippen molar-refractivity contribution in [2.24, 2.45) is 5.92 Å². The van der Waals surface area contributed by atoms with Gasteiger partial charge in [-0.05, 0) is 18.1 Å². The number of hydrogen-bond donors (Lipinski definition) is 2. The van der Waals surface area contributed by atoms with E-state index in [4.69, 9.17) is 21.4 Å². The zero-order chi connectivity index (χ0) is 15.1. The van der Waals surface area contributed by atoms with Crippen LogP contribution in [0.2, 0.25) is 5.02 Å². The van der Waals surface area contributed by atoms with Crippen molar-refractivity contribution in [2.45, 2.75) is 26.3 Å². The number of benzene rings is 1. The van der Waals surface area contributed by atoms with Gasteiger partial charge in [-0.3, -0.25) is 4.79 Å². The number of rotatable bonds is 7. The SMILES string of the molecule is CC(C)C(NC(=O)CCOc1ccccc1Cl)C(=O)O. The highest BCUT2D eigenvalue weighted by Gasteiger charge is 2.23. The number of carbonyl (C=O) groups excluding carboxylic acids is 1. The van der Waals surface area contributed by atoms with E-state index in [1.54, 1.807) is 38.1 Å². The molecule has 0 radical (unpaired) electrons. The highest BCUT2D eigenvalue weighted by Crippen LogP contribution is 2.23. The summed E-state index contributed by atoms with van der Waals surface area (Å²) in [6, 6.07) is 6.07. The van der Waals surface area contributed by atoms with Crippen LogP contribution in [0.4, 0.5) is 0 Å². The summed E-state index contributed by atoms with van der Waals surface area (Å²) in [5.74, 6) is -1.08. The number of ether oxygens (including phenoxy) is 1. The Morgan fingerprint density at radius 1 is 1.35 bits per heavy atom. The van der Waals surface area contributed by atoms with Gasteiger partial charge in [0.2, 0.25) is 5.91 Å². The van der Waals surface area contributed by atoms with E-state index in [0.29, 0.717) is 10.8 Å². The molecule has 110 valence electrons. The Kier molecular flexibility index (Phi) is 6.31. The molecule has 1 atom stereocenters. The fourth-order valence-electron chi connectivity index (χ4n) is 1.57. The summed E-state index contributed by atoms with van der Waals surface area (Å²) in [7, 11) is 0. The van der Waals surface area contributed by atoms with E-state index in [0.717, 1.165) is 0 Å². The Bertz CT molecular complexity index is 476. The van der Waals surface area contributed by atoms with Gasteiger partial charge in [-0.25, -0.2) is 4.79 Å². The Morgan fingerprint density at radius 3 is 2.55 bits per heavy atom. The number of amides is 1. The summed E-state index contributed by atoms with van der Waals surface area (Å²) in [4.78, 5) is 22.6. The molecule has 1 aromatic carbocycles. The third-order valence-electron chi connectivity index (χ3n) is 2.67. The van der Waals surface area contributed by atoms with Gasteiger partial charge in [-0.15, -0.1) is 0 Å². The summed E-state index contributed by atoms with van der Waals surface area (Å²) >= 11 is 5.90. The average molecular weight is 300 g/mol. The lowest BCUT2D eigenvalue weighted by Crippen LogP contribution is -2.44. The maximum absolute atomic E-state index is 11.7. The van der Waals surface area contributed by atoms with Crippen molar-refractivity contribution in [3.8, 4) is 5.75 Å². The smallest absolute Gasteiger partial charge is 0.326 e. The number of aliphatic carboxylic acids is 1. The molecule has 0 saturated carbocycles. The molecule has 1 rings (SSSR count). The van der Waals surface area contributed by atoms with Crippen LogP contribution in [0.5, 0.6) is 5.75 Å². The zero-order valence-corrected chi connectivity index (χ0v) is 12.2. The van der Waals surface area contributed by atoms with Gasteiger partial charge < -0.3 is 15.2 Å². The maximum Gasteiger partial charge on any atom is 0.326 e. The number of carboxylic acids is 1. The highest BCUT2D eigenvalue weighted by molar-refractivity contribution is 6.32. The van der Waals surface area contributed by atoms with Gasteiger partial charge in [0.25, 0.3) is 0 Å². The predicted molar refractivity (Wildman–Crippen MR) is 76.0 cm³/mol. The van der Waals surface area contributed by atoms with Gasteiger partial charge in [0.05, 0.1) is 18.1 Å². The second-order valence-electron chi connectivity index (χ2n) is 4.66. The molecular formula is C14H18ClNO4. The largest absolute Gasteiger partial charge is 0.491 e. The van der Waals surface area contributed by atoms with Crippen molar-refractivity contribution >= 4 is 23.5 Å². The number of hydrogen-bond acceptors (Lipinski definition) is 3. The fourth-order valence-corrected chi connectivity index (χ4v) is 1.76. The molecule has 5 nitrogen and oxygen atoms in total. The summed E-state index contributed by atoms with van der Waals surface area (Å²) in [5.41, 5.74) is 0. The molecule has 1 amide bonds. The number of para-hydroxylation sites is 1. The van der Waals surface area contributed by atoms with Crippen LogP contribution in [-0.2, 0) is 9.59 Å². The van der Waals surface area contributed by atoms with Crippen molar-refractivity contribution in [3.05, 3.63) is 29.3 Å². The molecule has 0 fully saturated rings. The average Bonchev–Trinajstić information content (AvgIpc) is 2.37. The monoisotopic (exact) mass is 299 g/mol. The minimum atomic E-state index is -1.04. The quantitative estimate of drug-likeness (QED) is 0.810. The van der Waals surface area contributed by atoms with E-state index < -0.39 is 12.0 Å². The van der Waals surface area contributed by atoms with Gasteiger partial charge in [0.1, 0.15) is 11.8 Å². The van der Waals surface area contributed by atoms with Crippen LogP contribution in [-0.4, -0.2) is 29.6 Å². The van der Waals surface area contributed by atoms with E-state index in [1.165, 1.54) is 0 Å². The van der Waals surface area contributed by atoms with Gasteiger partial charge in [-0.2, -0.15) is 0 Å². The van der Waals surface area contributed by atoms with Crippen LogP contribution in [0.15, 0.2) is 24.3 Å². The molecule has 0 bridgehead atoms. The highest BCUT2D eigenvalue weighted by atomic mass is 35.5. The summed E-state index contributed by atoms with van der Waals surface area (Å²) in [6.07, 6.45) is 0.0712. The first-order chi connectivity index (χ1) is 9.41. The van der Waals surface area contributed by atoms with E-state index >= 15 is 0 Å². The van der Waals surface area contributed by atoms with E-state index in [-0.39, 0.29) is 24.9 Å². The fraction of sp³-hybridized carbons (Fsp3) is 0.429. The summed E-state index contributed by atoms with van der Waals surface area (Å²) in [6.45, 7) is 3.61. The first kappa shape index (κ1) is 16.3.